The van der Waals surface area contributed by atoms with Gasteiger partial charge in [-0.25, -0.2) is 0 Å². The van der Waals surface area contributed by atoms with E-state index in [0.29, 0.717) is 19.0 Å². The minimum Gasteiger partial charge on any atom is -0.390 e. The summed E-state index contributed by atoms with van der Waals surface area (Å²) in [5.41, 5.74) is 1.20. The van der Waals surface area contributed by atoms with Crippen LogP contribution in [0.1, 0.15) is 12.5 Å². The minimum atomic E-state index is -0.448. The van der Waals surface area contributed by atoms with Crippen molar-refractivity contribution in [2.45, 2.75) is 24.9 Å². The van der Waals surface area contributed by atoms with Crippen molar-refractivity contribution in [1.29, 1.82) is 0 Å². The van der Waals surface area contributed by atoms with Gasteiger partial charge >= 0.3 is 0 Å². The number of aliphatic hydroxyl groups excluding tert-OH is 1. The molecule has 0 saturated carbocycles. The topological polar surface area (TPSA) is 38.7 Å². The Bertz CT molecular complexity index is 345. The van der Waals surface area contributed by atoms with Gasteiger partial charge in [0, 0.05) is 23.6 Å². The second-order valence-corrected chi connectivity index (χ2v) is 5.86. The zero-order valence-electron chi connectivity index (χ0n) is 11.3. The van der Waals surface area contributed by atoms with Crippen molar-refractivity contribution in [3.63, 3.8) is 0 Å². The number of hydrogen-bond acceptors (Lipinski definition) is 4. The zero-order valence-corrected chi connectivity index (χ0v) is 12.9. The molecule has 2 unspecified atom stereocenters. The highest BCUT2D eigenvalue weighted by atomic mass is 35.5. The highest BCUT2D eigenvalue weighted by molar-refractivity contribution is 7.98. The summed E-state index contributed by atoms with van der Waals surface area (Å²) in [5, 5.41) is 10.5. The molecule has 3 nitrogen and oxygen atoms in total. The average molecular weight is 305 g/mol. The Morgan fingerprint density at radius 2 is 1.95 bits per heavy atom. The van der Waals surface area contributed by atoms with Crippen LogP contribution in [-0.2, 0) is 15.2 Å². The van der Waals surface area contributed by atoms with Gasteiger partial charge < -0.3 is 14.6 Å². The standard InChI is InChI=1S/C14H21ClO3S/c1-11(7-17-2)18-8-14(16)10-19-9-12-3-5-13(15)6-4-12/h3-6,11,14,16H,7-10H2,1-2H3. The van der Waals surface area contributed by atoms with Gasteiger partial charge in [-0.1, -0.05) is 23.7 Å². The molecule has 1 rings (SSSR count). The lowest BCUT2D eigenvalue weighted by Crippen LogP contribution is -2.24. The molecule has 1 N–H and O–H groups in total. The maximum absolute atomic E-state index is 9.78. The molecular weight excluding hydrogens is 284 g/mol. The molecule has 1 aromatic rings. The quantitative estimate of drug-likeness (QED) is 0.761. The van der Waals surface area contributed by atoms with Crippen LogP contribution in [0.3, 0.4) is 0 Å². The molecule has 0 heterocycles. The number of aliphatic hydroxyl groups is 1. The molecule has 0 aliphatic heterocycles. The SMILES string of the molecule is COCC(C)OCC(O)CSCc1ccc(Cl)cc1. The number of methoxy groups -OCH3 is 1. The van der Waals surface area contributed by atoms with Gasteiger partial charge in [-0.2, -0.15) is 11.8 Å². The fraction of sp³-hybridized carbons (Fsp3) is 0.571. The van der Waals surface area contributed by atoms with E-state index in [1.54, 1.807) is 18.9 Å². The van der Waals surface area contributed by atoms with Gasteiger partial charge in [0.2, 0.25) is 0 Å². The van der Waals surface area contributed by atoms with Crippen molar-refractivity contribution in [2.75, 3.05) is 26.1 Å². The third-order valence-electron chi connectivity index (χ3n) is 2.47. The van der Waals surface area contributed by atoms with E-state index in [1.807, 2.05) is 31.2 Å². The molecule has 0 aliphatic rings. The fourth-order valence-corrected chi connectivity index (χ4v) is 2.54. The molecule has 108 valence electrons. The lowest BCUT2D eigenvalue weighted by molar-refractivity contribution is -0.0257. The average Bonchev–Trinajstić information content (AvgIpc) is 2.39. The van der Waals surface area contributed by atoms with Crippen molar-refractivity contribution < 1.29 is 14.6 Å². The first-order valence-corrected chi connectivity index (χ1v) is 7.76. The third-order valence-corrected chi connectivity index (χ3v) is 3.88. The van der Waals surface area contributed by atoms with E-state index in [2.05, 4.69) is 0 Å². The highest BCUT2D eigenvalue weighted by Crippen LogP contribution is 2.16. The van der Waals surface area contributed by atoms with E-state index < -0.39 is 6.10 Å². The molecule has 0 bridgehead atoms. The second-order valence-electron chi connectivity index (χ2n) is 4.39. The lowest BCUT2D eigenvalue weighted by Gasteiger charge is -2.15. The largest absolute Gasteiger partial charge is 0.390 e. The molecule has 19 heavy (non-hydrogen) atoms. The maximum atomic E-state index is 9.78. The first-order valence-electron chi connectivity index (χ1n) is 6.22. The van der Waals surface area contributed by atoms with Crippen molar-refractivity contribution in [3.8, 4) is 0 Å². The molecule has 0 aliphatic carbocycles. The monoisotopic (exact) mass is 304 g/mol. The van der Waals surface area contributed by atoms with E-state index in [4.69, 9.17) is 21.1 Å². The van der Waals surface area contributed by atoms with Crippen LogP contribution in [0.25, 0.3) is 0 Å². The summed E-state index contributed by atoms with van der Waals surface area (Å²) >= 11 is 7.50. The smallest absolute Gasteiger partial charge is 0.0864 e. The Hall–Kier alpha value is -0.260. The molecule has 0 amide bonds. The summed E-state index contributed by atoms with van der Waals surface area (Å²) in [6.45, 7) is 2.82. The maximum Gasteiger partial charge on any atom is 0.0864 e. The van der Waals surface area contributed by atoms with Crippen molar-refractivity contribution >= 4 is 23.4 Å². The van der Waals surface area contributed by atoms with Crippen molar-refractivity contribution in [1.82, 2.24) is 0 Å². The molecule has 2 atom stereocenters. The van der Waals surface area contributed by atoms with Crippen LogP contribution >= 0.6 is 23.4 Å². The van der Waals surface area contributed by atoms with Crippen LogP contribution < -0.4 is 0 Å². The Balaban J connectivity index is 2.13. The highest BCUT2D eigenvalue weighted by Gasteiger charge is 2.08. The summed E-state index contributed by atoms with van der Waals surface area (Å²) < 4.78 is 10.4. The predicted molar refractivity (Wildman–Crippen MR) is 80.9 cm³/mol. The first kappa shape index (κ1) is 16.8. The van der Waals surface area contributed by atoms with Crippen molar-refractivity contribution in [3.05, 3.63) is 34.9 Å². The van der Waals surface area contributed by atoms with E-state index in [1.165, 1.54) is 5.56 Å². The van der Waals surface area contributed by atoms with Crippen LogP contribution in [0.15, 0.2) is 24.3 Å². The summed E-state index contributed by atoms with van der Waals surface area (Å²) in [7, 11) is 1.64. The van der Waals surface area contributed by atoms with Crippen LogP contribution in [0.2, 0.25) is 5.02 Å². The fourth-order valence-electron chi connectivity index (χ4n) is 1.50. The molecule has 0 aromatic heterocycles. The van der Waals surface area contributed by atoms with Gasteiger partial charge in [-0.05, 0) is 24.6 Å². The molecule has 0 radical (unpaired) electrons. The number of hydrogen-bond donors (Lipinski definition) is 1. The Morgan fingerprint density at radius 3 is 2.58 bits per heavy atom. The van der Waals surface area contributed by atoms with Gasteiger partial charge in [0.05, 0.1) is 25.4 Å². The minimum absolute atomic E-state index is 0.0147. The zero-order chi connectivity index (χ0) is 14.1. The van der Waals surface area contributed by atoms with E-state index in [0.717, 1.165) is 10.8 Å². The van der Waals surface area contributed by atoms with Crippen LogP contribution in [-0.4, -0.2) is 43.4 Å². The van der Waals surface area contributed by atoms with E-state index >= 15 is 0 Å². The molecule has 0 saturated heterocycles. The lowest BCUT2D eigenvalue weighted by atomic mass is 10.2. The second kappa shape index (κ2) is 9.61. The number of ether oxygens (including phenoxy) is 2. The summed E-state index contributed by atoms with van der Waals surface area (Å²) in [6, 6.07) is 7.75. The molecule has 1 aromatic carbocycles. The molecule has 0 spiro atoms. The number of thioether (sulfide) groups is 1. The summed E-state index contributed by atoms with van der Waals surface area (Å²) in [5.74, 6) is 1.52. The van der Waals surface area contributed by atoms with Crippen molar-refractivity contribution in [2.24, 2.45) is 0 Å². The van der Waals surface area contributed by atoms with Gasteiger partial charge in [-0.15, -0.1) is 0 Å². The summed E-state index contributed by atoms with van der Waals surface area (Å²) in [6.07, 6.45) is -0.433. The van der Waals surface area contributed by atoms with Gasteiger partial charge in [0.1, 0.15) is 0 Å². The Labute approximate surface area is 124 Å². The third kappa shape index (κ3) is 7.80. The van der Waals surface area contributed by atoms with Gasteiger partial charge in [-0.3, -0.25) is 0 Å². The van der Waals surface area contributed by atoms with Gasteiger partial charge in [0.15, 0.2) is 0 Å². The van der Waals surface area contributed by atoms with E-state index in [9.17, 15) is 5.11 Å². The summed E-state index contributed by atoms with van der Waals surface area (Å²) in [4.78, 5) is 0. The number of benzene rings is 1. The first-order chi connectivity index (χ1) is 9.11. The number of rotatable bonds is 9. The molecule has 0 fully saturated rings. The van der Waals surface area contributed by atoms with E-state index in [-0.39, 0.29) is 6.10 Å². The Morgan fingerprint density at radius 1 is 1.26 bits per heavy atom. The molecule has 5 heteroatoms. The van der Waals surface area contributed by atoms with Crippen LogP contribution in [0.5, 0.6) is 0 Å². The molecular formula is C14H21ClO3S. The predicted octanol–water partition coefficient (Wildman–Crippen LogP) is 2.99. The van der Waals surface area contributed by atoms with Crippen LogP contribution in [0.4, 0.5) is 0 Å². The van der Waals surface area contributed by atoms with Crippen LogP contribution in [0, 0.1) is 0 Å². The Kier molecular flexibility index (Phi) is 8.50. The van der Waals surface area contributed by atoms with Gasteiger partial charge in [0.25, 0.3) is 0 Å². The number of halogens is 1. The normalized spacial score (nSPS) is 14.3.